The van der Waals surface area contributed by atoms with Crippen molar-refractivity contribution in [2.45, 2.75) is 84.6 Å². The van der Waals surface area contributed by atoms with Crippen molar-refractivity contribution < 1.29 is 33.7 Å². The second kappa shape index (κ2) is 7.57. The Kier molecular flexibility index (Phi) is 5.62. The van der Waals surface area contributed by atoms with E-state index in [1.165, 1.54) is 12.2 Å². The van der Waals surface area contributed by atoms with Crippen molar-refractivity contribution in [2.24, 2.45) is 34.0 Å². The molecule has 6 nitrogen and oxygen atoms in total. The van der Waals surface area contributed by atoms with Crippen LogP contribution in [-0.2, 0) is 19.1 Å². The first-order chi connectivity index (χ1) is 15.5. The molecule has 0 spiro atoms. The summed E-state index contributed by atoms with van der Waals surface area (Å²) in [5, 5.41) is 23.2. The largest absolute Gasteiger partial charge is 0.457 e. The molecule has 3 fully saturated rings. The van der Waals surface area contributed by atoms with Gasteiger partial charge in [-0.3, -0.25) is 14.4 Å². The van der Waals surface area contributed by atoms with Gasteiger partial charge < -0.3 is 14.9 Å². The molecule has 34 heavy (non-hydrogen) atoms. The first kappa shape index (κ1) is 25.2. The van der Waals surface area contributed by atoms with E-state index in [9.17, 15) is 24.6 Å². The molecule has 8 atom stereocenters. The fraction of sp³-hybridized carbons (Fsp3) is 0.741. The minimum Gasteiger partial charge on any atom is -0.457 e. The van der Waals surface area contributed by atoms with Gasteiger partial charge in [-0.05, 0) is 77.4 Å². The SMILES string of the molecule is CC1CC2C3CCC4=CC(=O)C=CC4(C)C3(F)C(O)CC2(C)C1(O)C(=O)COC(=O)C(C)(C)C. The first-order valence-corrected chi connectivity index (χ1v) is 12.3. The Morgan fingerprint density at radius 3 is 2.50 bits per heavy atom. The maximum Gasteiger partial charge on any atom is 0.311 e. The van der Waals surface area contributed by atoms with Gasteiger partial charge in [-0.2, -0.15) is 0 Å². The second-order valence-electron chi connectivity index (χ2n) is 12.4. The molecule has 2 N–H and O–H groups in total. The fourth-order valence-corrected chi connectivity index (χ4v) is 7.60. The highest BCUT2D eigenvalue weighted by molar-refractivity contribution is 6.01. The predicted octanol–water partition coefficient (Wildman–Crippen LogP) is 3.49. The normalized spacial score (nSPS) is 45.7. The van der Waals surface area contributed by atoms with E-state index < -0.39 is 63.8 Å². The maximum atomic E-state index is 17.1. The van der Waals surface area contributed by atoms with Crippen molar-refractivity contribution in [3.63, 3.8) is 0 Å². The summed E-state index contributed by atoms with van der Waals surface area (Å²) in [6, 6.07) is 0. The average Bonchev–Trinajstić information content (AvgIpc) is 2.94. The summed E-state index contributed by atoms with van der Waals surface area (Å²) in [5.41, 5.74) is -6.18. The average molecular weight is 477 g/mol. The van der Waals surface area contributed by atoms with Gasteiger partial charge in [-0.15, -0.1) is 0 Å². The molecule has 0 radical (unpaired) electrons. The van der Waals surface area contributed by atoms with Crippen LogP contribution < -0.4 is 0 Å². The number of alkyl halides is 1. The number of hydrogen-bond donors (Lipinski definition) is 2. The Morgan fingerprint density at radius 1 is 1.24 bits per heavy atom. The summed E-state index contributed by atoms with van der Waals surface area (Å²) in [5.74, 6) is -2.77. The number of carbonyl (C=O) groups is 3. The molecule has 0 aromatic carbocycles. The van der Waals surface area contributed by atoms with Gasteiger partial charge in [0.25, 0.3) is 0 Å². The Hall–Kier alpha value is -1.86. The maximum absolute atomic E-state index is 17.1. The molecule has 0 saturated heterocycles. The van der Waals surface area contributed by atoms with E-state index in [0.29, 0.717) is 24.8 Å². The zero-order chi connectivity index (χ0) is 25.5. The molecule has 7 heteroatoms. The van der Waals surface area contributed by atoms with Crippen molar-refractivity contribution >= 4 is 17.5 Å². The summed E-state index contributed by atoms with van der Waals surface area (Å²) in [4.78, 5) is 37.6. The van der Waals surface area contributed by atoms with Gasteiger partial charge in [0.1, 0.15) is 5.60 Å². The highest BCUT2D eigenvalue weighted by Gasteiger charge is 2.75. The molecule has 0 aliphatic heterocycles. The number of rotatable bonds is 3. The summed E-state index contributed by atoms with van der Waals surface area (Å²) in [7, 11) is 0. The van der Waals surface area contributed by atoms with Crippen LogP contribution in [0.4, 0.5) is 4.39 Å². The van der Waals surface area contributed by atoms with Gasteiger partial charge in [0.05, 0.1) is 11.5 Å². The summed E-state index contributed by atoms with van der Waals surface area (Å²) in [6.07, 6.45) is 4.27. The molecule has 4 rings (SSSR count). The number of ether oxygens (including phenoxy) is 1. The van der Waals surface area contributed by atoms with Crippen LogP contribution in [0.15, 0.2) is 23.8 Å². The van der Waals surface area contributed by atoms with Crippen molar-refractivity contribution in [3.05, 3.63) is 23.8 Å². The lowest BCUT2D eigenvalue weighted by molar-refractivity contribution is -0.220. The number of Topliss-reactive ketones (excluding diaryl/α,β-unsaturated/α-hetero) is 1. The smallest absolute Gasteiger partial charge is 0.311 e. The molecule has 4 aliphatic rings. The molecule has 0 aromatic heterocycles. The molecule has 0 amide bonds. The monoisotopic (exact) mass is 476 g/mol. The van der Waals surface area contributed by atoms with Gasteiger partial charge in [-0.25, -0.2) is 4.39 Å². The van der Waals surface area contributed by atoms with Gasteiger partial charge in [0.15, 0.2) is 18.1 Å². The number of carbonyl (C=O) groups excluding carboxylic acids is 3. The van der Waals surface area contributed by atoms with E-state index in [-0.39, 0.29) is 18.1 Å². The highest BCUT2D eigenvalue weighted by Crippen LogP contribution is 2.70. The predicted molar refractivity (Wildman–Crippen MR) is 123 cm³/mol. The van der Waals surface area contributed by atoms with E-state index in [4.69, 9.17) is 4.74 Å². The topological polar surface area (TPSA) is 101 Å². The van der Waals surface area contributed by atoms with Gasteiger partial charge >= 0.3 is 5.97 Å². The Balaban J connectivity index is 1.69. The van der Waals surface area contributed by atoms with E-state index >= 15 is 4.39 Å². The van der Waals surface area contributed by atoms with Crippen LogP contribution in [0.5, 0.6) is 0 Å². The van der Waals surface area contributed by atoms with Crippen LogP contribution >= 0.6 is 0 Å². The Bertz CT molecular complexity index is 994. The number of allylic oxidation sites excluding steroid dienone is 4. The quantitative estimate of drug-likeness (QED) is 0.605. The second-order valence-corrected chi connectivity index (χ2v) is 12.4. The first-order valence-electron chi connectivity index (χ1n) is 12.3. The summed E-state index contributed by atoms with van der Waals surface area (Å²) < 4.78 is 22.4. The van der Waals surface area contributed by atoms with Crippen LogP contribution in [0.3, 0.4) is 0 Å². The van der Waals surface area contributed by atoms with Crippen molar-refractivity contribution in [2.75, 3.05) is 6.61 Å². The number of aliphatic hydroxyl groups is 2. The fourth-order valence-electron chi connectivity index (χ4n) is 7.60. The number of ketones is 2. The van der Waals surface area contributed by atoms with E-state index in [2.05, 4.69) is 0 Å². The molecule has 0 aromatic rings. The molecule has 8 unspecified atom stereocenters. The third-order valence-electron chi connectivity index (χ3n) is 9.59. The number of esters is 1. The van der Waals surface area contributed by atoms with Crippen LogP contribution in [0.2, 0.25) is 0 Å². The third kappa shape index (κ3) is 3.08. The standard InChI is InChI=1S/C27H37FO6/c1-15-11-19-18-8-7-16-12-17(29)9-10-24(16,5)26(18,28)20(30)13-25(19,6)27(15,33)21(31)14-34-22(32)23(2,3)4/h9-10,12,15,18-20,30,33H,7-8,11,13-14H2,1-6H3. The summed E-state index contributed by atoms with van der Waals surface area (Å²) in [6.45, 7) is 9.76. The minimum atomic E-state index is -2.02. The Labute approximate surface area is 200 Å². The van der Waals surface area contributed by atoms with Crippen molar-refractivity contribution in [1.29, 1.82) is 0 Å². The lowest BCUT2D eigenvalue weighted by Crippen LogP contribution is -2.69. The number of halogens is 1. The van der Waals surface area contributed by atoms with Gasteiger partial charge in [0, 0.05) is 16.7 Å². The molecule has 0 heterocycles. The summed E-state index contributed by atoms with van der Waals surface area (Å²) >= 11 is 0. The van der Waals surface area contributed by atoms with Crippen molar-refractivity contribution in [3.8, 4) is 0 Å². The molecule has 188 valence electrons. The Morgan fingerprint density at radius 2 is 1.88 bits per heavy atom. The molecular formula is C27H37FO6. The van der Waals surface area contributed by atoms with Crippen molar-refractivity contribution in [1.82, 2.24) is 0 Å². The zero-order valence-electron chi connectivity index (χ0n) is 21.0. The minimum absolute atomic E-state index is 0.102. The third-order valence-corrected chi connectivity index (χ3v) is 9.59. The van der Waals surface area contributed by atoms with Crippen LogP contribution in [0.25, 0.3) is 0 Å². The molecule has 4 aliphatic carbocycles. The lowest BCUT2D eigenvalue weighted by Gasteiger charge is -2.62. The molecular weight excluding hydrogens is 439 g/mol. The highest BCUT2D eigenvalue weighted by atomic mass is 19.1. The van der Waals surface area contributed by atoms with Crippen LogP contribution in [0, 0.1) is 34.0 Å². The number of aliphatic hydroxyl groups excluding tert-OH is 1. The van der Waals surface area contributed by atoms with E-state index in [1.54, 1.807) is 47.6 Å². The van der Waals surface area contributed by atoms with Gasteiger partial charge in [0.2, 0.25) is 5.78 Å². The lowest BCUT2D eigenvalue weighted by atomic mass is 9.44. The van der Waals surface area contributed by atoms with Crippen LogP contribution in [-0.4, -0.2) is 51.7 Å². The number of fused-ring (bicyclic) bond motifs is 5. The number of hydrogen-bond acceptors (Lipinski definition) is 6. The zero-order valence-corrected chi connectivity index (χ0v) is 21.0. The molecule has 0 bridgehead atoms. The van der Waals surface area contributed by atoms with E-state index in [0.717, 1.165) is 0 Å². The van der Waals surface area contributed by atoms with E-state index in [1.807, 2.05) is 0 Å². The molecule has 3 saturated carbocycles. The van der Waals surface area contributed by atoms with Crippen LogP contribution in [0.1, 0.15) is 67.2 Å². The van der Waals surface area contributed by atoms with Gasteiger partial charge in [-0.1, -0.05) is 25.5 Å².